The van der Waals surface area contributed by atoms with Gasteiger partial charge in [0.25, 0.3) is 0 Å². The number of rotatable bonds is 8. The Labute approximate surface area is 469 Å². The summed E-state index contributed by atoms with van der Waals surface area (Å²) in [5, 5.41) is 4.96. The number of allylic oxidation sites excluding steroid dienone is 2. The predicted molar refractivity (Wildman–Crippen MR) is 342 cm³/mol. The van der Waals surface area contributed by atoms with Crippen molar-refractivity contribution in [2.24, 2.45) is 9.98 Å². The van der Waals surface area contributed by atoms with E-state index in [0.29, 0.717) is 11.5 Å². The van der Waals surface area contributed by atoms with E-state index in [0.717, 1.165) is 79.8 Å². The summed E-state index contributed by atoms with van der Waals surface area (Å²) in [6.07, 6.45) is 4.05. The molecule has 11 rings (SSSR count). The van der Waals surface area contributed by atoms with Crippen LogP contribution in [0.4, 0.5) is 0 Å². The molecule has 2 aromatic heterocycles. The van der Waals surface area contributed by atoms with Crippen LogP contribution in [-0.2, 0) is 21.7 Å². The predicted octanol–water partition coefficient (Wildman–Crippen LogP) is 20.4. The van der Waals surface area contributed by atoms with Crippen LogP contribution in [0, 0.1) is 0 Å². The summed E-state index contributed by atoms with van der Waals surface area (Å²) < 4.78 is 5.04. The van der Waals surface area contributed by atoms with Crippen LogP contribution in [-0.4, -0.2) is 20.7 Å². The van der Waals surface area contributed by atoms with E-state index in [1.807, 2.05) is 6.07 Å². The van der Waals surface area contributed by atoms with Gasteiger partial charge in [-0.05, 0) is 134 Å². The number of para-hydroxylation sites is 1. The molecule has 1 aliphatic rings. The molecule has 0 fully saturated rings. The standard InChI is InChI=1S/C75H76N4/c1-48(50-26-18-15-19-27-50)76-71(60-35-25-34-59(52-30-22-17-23-31-52)70(60)79-67-42-38-55(74(9,10)11)46-63(67)64-47-56(75(12,13)14)39-43-68(64)79)77-49(2)57-32-24-33-58(51-28-20-16-21-29-51)69(57)78-65-40-36-53(72(3,4)5)44-61(65)62-45-54(73(6,7)8)37-41-66(62)78/h15-24,26-33,35-47H,1,25,34H2,2-14H3. The lowest BCUT2D eigenvalue weighted by Gasteiger charge is -2.26. The molecule has 0 saturated carbocycles. The third kappa shape index (κ3) is 9.96. The number of benzene rings is 8. The molecule has 4 heteroatoms. The minimum Gasteiger partial charge on any atom is -0.308 e. The van der Waals surface area contributed by atoms with Crippen molar-refractivity contribution in [3.8, 4) is 16.8 Å². The lowest BCUT2D eigenvalue weighted by Crippen LogP contribution is -2.16. The highest BCUT2D eigenvalue weighted by atomic mass is 15.0. The fourth-order valence-electron chi connectivity index (χ4n) is 11.6. The highest BCUT2D eigenvalue weighted by Crippen LogP contribution is 2.46. The smallest absolute Gasteiger partial charge is 0.161 e. The van der Waals surface area contributed by atoms with Crippen molar-refractivity contribution in [3.05, 3.63) is 239 Å². The van der Waals surface area contributed by atoms with Gasteiger partial charge in [0.05, 0.1) is 39.1 Å². The van der Waals surface area contributed by atoms with Crippen molar-refractivity contribution in [1.82, 2.24) is 9.13 Å². The van der Waals surface area contributed by atoms with Crippen molar-refractivity contribution in [2.45, 2.75) is 125 Å². The Hall–Kier alpha value is -8.08. The van der Waals surface area contributed by atoms with E-state index in [2.05, 4.69) is 288 Å². The summed E-state index contributed by atoms with van der Waals surface area (Å²) >= 11 is 0. The second-order valence-electron chi connectivity index (χ2n) is 26.0. The van der Waals surface area contributed by atoms with E-state index in [1.54, 1.807) is 0 Å². The van der Waals surface area contributed by atoms with E-state index in [1.165, 1.54) is 54.9 Å². The molecule has 79 heavy (non-hydrogen) atoms. The SMILES string of the molecule is C=C(N=C(N=C(C)c1cccc(-c2ccccc2)c1-n1c2ccc(C(C)(C)C)cc2c2cc(C(C)(C)C)ccc21)C1=CCCC(c2ccccc2)=C1n1c2ccc(C(C)(C)C)cc2c2cc(C(C)(C)C)ccc21)c1ccccc1. The molecule has 0 unspecified atom stereocenters. The largest absolute Gasteiger partial charge is 0.308 e. The minimum atomic E-state index is -0.0425. The number of nitrogens with zero attached hydrogens (tertiary/aromatic N) is 4. The van der Waals surface area contributed by atoms with Crippen molar-refractivity contribution < 1.29 is 0 Å². The van der Waals surface area contributed by atoms with Crippen LogP contribution < -0.4 is 0 Å². The van der Waals surface area contributed by atoms with Crippen molar-refractivity contribution in [3.63, 3.8) is 0 Å². The zero-order chi connectivity index (χ0) is 55.8. The zero-order valence-corrected chi connectivity index (χ0v) is 48.8. The van der Waals surface area contributed by atoms with Crippen LogP contribution in [0.3, 0.4) is 0 Å². The first kappa shape index (κ1) is 52.9. The summed E-state index contributed by atoms with van der Waals surface area (Å²) in [5.74, 6) is 0.616. The fraction of sp³-hybridized carbons (Fsp3) is 0.253. The molecule has 396 valence electrons. The second-order valence-corrected chi connectivity index (χ2v) is 26.0. The summed E-state index contributed by atoms with van der Waals surface area (Å²) in [4.78, 5) is 11.5. The van der Waals surface area contributed by atoms with Crippen LogP contribution in [0.2, 0.25) is 0 Å². The van der Waals surface area contributed by atoms with Crippen molar-refractivity contribution in [1.29, 1.82) is 0 Å². The molecule has 0 saturated heterocycles. The summed E-state index contributed by atoms with van der Waals surface area (Å²) in [5.41, 5.74) is 21.0. The number of aliphatic imine (C=N–C) groups is 2. The van der Waals surface area contributed by atoms with Crippen LogP contribution in [0.15, 0.2) is 210 Å². The Morgan fingerprint density at radius 1 is 0.443 bits per heavy atom. The van der Waals surface area contributed by atoms with Crippen molar-refractivity contribution in [2.75, 3.05) is 0 Å². The maximum atomic E-state index is 5.91. The van der Waals surface area contributed by atoms with E-state index in [4.69, 9.17) is 9.98 Å². The summed E-state index contributed by atoms with van der Waals surface area (Å²) in [6, 6.07) is 67.3. The molecule has 0 radical (unpaired) electrons. The average Bonchev–Trinajstić information content (AvgIpc) is 4.13. The number of hydrogen-bond donors (Lipinski definition) is 0. The van der Waals surface area contributed by atoms with Gasteiger partial charge < -0.3 is 9.13 Å². The Morgan fingerprint density at radius 3 is 1.30 bits per heavy atom. The van der Waals surface area contributed by atoms with Crippen LogP contribution in [0.1, 0.15) is 142 Å². The van der Waals surface area contributed by atoms with Gasteiger partial charge in [0.15, 0.2) is 5.84 Å². The molecule has 1 aliphatic carbocycles. The van der Waals surface area contributed by atoms with Gasteiger partial charge in [-0.2, -0.15) is 0 Å². The number of aromatic nitrogens is 2. The molecule has 2 heterocycles. The van der Waals surface area contributed by atoms with Gasteiger partial charge in [-0.3, -0.25) is 0 Å². The quantitative estimate of drug-likeness (QED) is 0.107. The van der Waals surface area contributed by atoms with Gasteiger partial charge in [0, 0.05) is 44.0 Å². The fourth-order valence-corrected chi connectivity index (χ4v) is 11.6. The molecule has 0 N–H and O–H groups in total. The molecular formula is C75H76N4. The van der Waals surface area contributed by atoms with Crippen LogP contribution in [0.25, 0.3) is 77.4 Å². The number of amidine groups is 1. The molecule has 4 nitrogen and oxygen atoms in total. The highest BCUT2D eigenvalue weighted by molar-refractivity contribution is 6.24. The van der Waals surface area contributed by atoms with Crippen molar-refractivity contribution >= 4 is 72.1 Å². The molecule has 8 aromatic carbocycles. The molecule has 0 atom stereocenters. The zero-order valence-electron chi connectivity index (χ0n) is 48.8. The lowest BCUT2D eigenvalue weighted by atomic mass is 9.85. The Bertz CT molecular complexity index is 4000. The van der Waals surface area contributed by atoms with Gasteiger partial charge >= 0.3 is 0 Å². The highest BCUT2D eigenvalue weighted by Gasteiger charge is 2.30. The molecule has 0 spiro atoms. The van der Waals surface area contributed by atoms with E-state index in [9.17, 15) is 0 Å². The third-order valence-corrected chi connectivity index (χ3v) is 16.2. The van der Waals surface area contributed by atoms with Gasteiger partial charge in [-0.1, -0.05) is 229 Å². The first-order valence-corrected chi connectivity index (χ1v) is 28.3. The molecule has 0 aliphatic heterocycles. The minimum absolute atomic E-state index is 0.0362. The third-order valence-electron chi connectivity index (χ3n) is 16.2. The normalized spacial score (nSPS) is 14.3. The van der Waals surface area contributed by atoms with E-state index in [-0.39, 0.29) is 21.7 Å². The first-order chi connectivity index (χ1) is 37.6. The van der Waals surface area contributed by atoms with E-state index >= 15 is 0 Å². The van der Waals surface area contributed by atoms with E-state index < -0.39 is 0 Å². The topological polar surface area (TPSA) is 34.6 Å². The average molecular weight is 1030 g/mol. The number of fused-ring (bicyclic) bond motifs is 6. The Kier molecular flexibility index (Phi) is 13.4. The van der Waals surface area contributed by atoms with Gasteiger partial charge in [0.2, 0.25) is 0 Å². The molecule has 10 aromatic rings. The monoisotopic (exact) mass is 1030 g/mol. The number of hydrogen-bond acceptors (Lipinski definition) is 1. The maximum absolute atomic E-state index is 5.91. The molecule has 0 bridgehead atoms. The second kappa shape index (κ2) is 20.0. The van der Waals surface area contributed by atoms with Crippen LogP contribution >= 0.6 is 0 Å². The van der Waals surface area contributed by atoms with Crippen LogP contribution in [0.5, 0.6) is 0 Å². The molecule has 0 amide bonds. The summed E-state index contributed by atoms with van der Waals surface area (Å²) in [6.45, 7) is 34.5. The Morgan fingerprint density at radius 2 is 0.861 bits per heavy atom. The first-order valence-electron chi connectivity index (χ1n) is 28.3. The lowest BCUT2D eigenvalue weighted by molar-refractivity contribution is 0.590. The molecular weight excluding hydrogens is 957 g/mol. The van der Waals surface area contributed by atoms with Gasteiger partial charge in [-0.15, -0.1) is 0 Å². The van der Waals surface area contributed by atoms with Gasteiger partial charge in [-0.25, -0.2) is 9.98 Å². The van der Waals surface area contributed by atoms with Gasteiger partial charge in [0.1, 0.15) is 0 Å². The Balaban J connectivity index is 1.22. The summed E-state index contributed by atoms with van der Waals surface area (Å²) in [7, 11) is 0. The maximum Gasteiger partial charge on any atom is 0.161 e.